The van der Waals surface area contributed by atoms with Crippen molar-refractivity contribution in [3.8, 4) is 0 Å². The van der Waals surface area contributed by atoms with E-state index in [1.54, 1.807) is 4.90 Å². The standard InChI is InChI=1S/C15H18N2O2/c18-13-10-16-14(19)15(8-4-5-9-15)17(13)11-12-6-2-1-3-7-12/h1-3,6-7H,4-5,8-11H2,(H,16,19). The van der Waals surface area contributed by atoms with E-state index in [0.717, 1.165) is 31.2 Å². The van der Waals surface area contributed by atoms with Gasteiger partial charge in [-0.25, -0.2) is 0 Å². The molecule has 100 valence electrons. The molecule has 19 heavy (non-hydrogen) atoms. The topological polar surface area (TPSA) is 49.4 Å². The molecule has 1 saturated carbocycles. The van der Waals surface area contributed by atoms with Crippen molar-refractivity contribution in [3.63, 3.8) is 0 Å². The van der Waals surface area contributed by atoms with Gasteiger partial charge in [-0.3, -0.25) is 9.59 Å². The van der Waals surface area contributed by atoms with E-state index in [1.165, 1.54) is 0 Å². The minimum absolute atomic E-state index is 0.0283. The largest absolute Gasteiger partial charge is 0.345 e. The number of carbonyl (C=O) groups excluding carboxylic acids is 2. The van der Waals surface area contributed by atoms with Gasteiger partial charge < -0.3 is 10.2 Å². The van der Waals surface area contributed by atoms with Crippen molar-refractivity contribution in [2.45, 2.75) is 37.8 Å². The minimum Gasteiger partial charge on any atom is -0.345 e. The number of hydrogen-bond acceptors (Lipinski definition) is 2. The van der Waals surface area contributed by atoms with E-state index in [1.807, 2.05) is 30.3 Å². The summed E-state index contributed by atoms with van der Waals surface area (Å²) in [5.41, 5.74) is 0.488. The van der Waals surface area contributed by atoms with Crippen molar-refractivity contribution in [1.82, 2.24) is 10.2 Å². The number of carbonyl (C=O) groups is 2. The summed E-state index contributed by atoms with van der Waals surface area (Å²) >= 11 is 0. The summed E-state index contributed by atoms with van der Waals surface area (Å²) in [6, 6.07) is 9.89. The predicted octanol–water partition coefficient (Wildman–Crippen LogP) is 1.46. The van der Waals surface area contributed by atoms with Crippen molar-refractivity contribution < 1.29 is 9.59 Å². The molecule has 3 rings (SSSR count). The van der Waals surface area contributed by atoms with Gasteiger partial charge in [0.15, 0.2) is 0 Å². The second-order valence-corrected chi connectivity index (χ2v) is 5.39. The smallest absolute Gasteiger partial charge is 0.246 e. The van der Waals surface area contributed by atoms with Gasteiger partial charge in [0.2, 0.25) is 11.8 Å². The van der Waals surface area contributed by atoms with E-state index < -0.39 is 5.54 Å². The van der Waals surface area contributed by atoms with E-state index >= 15 is 0 Å². The van der Waals surface area contributed by atoms with Crippen LogP contribution in [0.2, 0.25) is 0 Å². The number of piperazine rings is 1. The molecule has 1 aromatic rings. The van der Waals surface area contributed by atoms with Crippen molar-refractivity contribution in [3.05, 3.63) is 35.9 Å². The molecule has 0 atom stereocenters. The van der Waals surface area contributed by atoms with Crippen LogP contribution in [0, 0.1) is 0 Å². The van der Waals surface area contributed by atoms with Gasteiger partial charge in [-0.15, -0.1) is 0 Å². The Labute approximate surface area is 112 Å². The maximum Gasteiger partial charge on any atom is 0.246 e. The number of nitrogens with zero attached hydrogens (tertiary/aromatic N) is 1. The molecule has 0 aromatic heterocycles. The molecule has 1 saturated heterocycles. The SMILES string of the molecule is O=C1CNC(=O)C2(CCCC2)N1Cc1ccccc1. The van der Waals surface area contributed by atoms with Crippen molar-refractivity contribution in [2.75, 3.05) is 6.54 Å². The average molecular weight is 258 g/mol. The maximum atomic E-state index is 12.3. The second kappa shape index (κ2) is 4.68. The van der Waals surface area contributed by atoms with Crippen molar-refractivity contribution >= 4 is 11.8 Å². The summed E-state index contributed by atoms with van der Waals surface area (Å²) in [5, 5.41) is 2.75. The van der Waals surface area contributed by atoms with E-state index in [-0.39, 0.29) is 18.4 Å². The minimum atomic E-state index is -0.592. The van der Waals surface area contributed by atoms with Crippen LogP contribution in [0.5, 0.6) is 0 Å². The number of rotatable bonds is 2. The van der Waals surface area contributed by atoms with Crippen LogP contribution in [0.15, 0.2) is 30.3 Å². The molecule has 1 aliphatic carbocycles. The molecule has 1 aromatic carbocycles. The zero-order valence-electron chi connectivity index (χ0n) is 10.9. The Balaban J connectivity index is 1.91. The summed E-state index contributed by atoms with van der Waals surface area (Å²) in [6.45, 7) is 0.667. The van der Waals surface area contributed by atoms with Gasteiger partial charge in [0.1, 0.15) is 5.54 Å². The van der Waals surface area contributed by atoms with Crippen LogP contribution in [0.4, 0.5) is 0 Å². The first-order valence-corrected chi connectivity index (χ1v) is 6.85. The number of nitrogens with one attached hydrogen (secondary N) is 1. The lowest BCUT2D eigenvalue weighted by Gasteiger charge is -2.43. The highest BCUT2D eigenvalue weighted by Gasteiger charge is 2.50. The lowest BCUT2D eigenvalue weighted by atomic mass is 9.91. The van der Waals surface area contributed by atoms with Crippen LogP contribution in [-0.4, -0.2) is 28.8 Å². The molecule has 2 amide bonds. The maximum absolute atomic E-state index is 12.3. The normalized spacial score (nSPS) is 21.8. The molecule has 0 unspecified atom stereocenters. The highest BCUT2D eigenvalue weighted by molar-refractivity contribution is 5.98. The second-order valence-electron chi connectivity index (χ2n) is 5.39. The third kappa shape index (κ3) is 2.01. The molecule has 1 spiro atoms. The van der Waals surface area contributed by atoms with Crippen molar-refractivity contribution in [1.29, 1.82) is 0 Å². The molecule has 1 N–H and O–H groups in total. The summed E-state index contributed by atoms with van der Waals surface area (Å²) < 4.78 is 0. The molecule has 1 aliphatic heterocycles. The van der Waals surface area contributed by atoms with Crippen LogP contribution in [0.25, 0.3) is 0 Å². The Morgan fingerprint density at radius 2 is 1.79 bits per heavy atom. The first kappa shape index (κ1) is 12.2. The molecule has 0 bridgehead atoms. The summed E-state index contributed by atoms with van der Waals surface area (Å²) in [6.07, 6.45) is 3.62. The molecule has 2 fully saturated rings. The summed E-state index contributed by atoms with van der Waals surface area (Å²) in [4.78, 5) is 26.3. The molecule has 0 radical (unpaired) electrons. The fraction of sp³-hybridized carbons (Fsp3) is 0.467. The lowest BCUT2D eigenvalue weighted by Crippen LogP contribution is -2.65. The van der Waals surface area contributed by atoms with Gasteiger partial charge in [-0.05, 0) is 18.4 Å². The fourth-order valence-electron chi connectivity index (χ4n) is 3.24. The van der Waals surface area contributed by atoms with E-state index in [0.29, 0.717) is 6.54 Å². The van der Waals surface area contributed by atoms with Crippen LogP contribution < -0.4 is 5.32 Å². The van der Waals surface area contributed by atoms with Gasteiger partial charge in [-0.2, -0.15) is 0 Å². The zero-order chi connectivity index (χ0) is 13.3. The van der Waals surface area contributed by atoms with Gasteiger partial charge >= 0.3 is 0 Å². The quantitative estimate of drug-likeness (QED) is 0.873. The van der Waals surface area contributed by atoms with Gasteiger partial charge in [0, 0.05) is 6.54 Å². The third-order valence-corrected chi connectivity index (χ3v) is 4.25. The van der Waals surface area contributed by atoms with Gasteiger partial charge in [0.05, 0.1) is 6.54 Å². The number of hydrogen-bond donors (Lipinski definition) is 1. The van der Waals surface area contributed by atoms with E-state index in [2.05, 4.69) is 5.32 Å². The van der Waals surface area contributed by atoms with Crippen LogP contribution in [0.3, 0.4) is 0 Å². The zero-order valence-corrected chi connectivity index (χ0v) is 10.9. The monoisotopic (exact) mass is 258 g/mol. The van der Waals surface area contributed by atoms with Gasteiger partial charge in [0.25, 0.3) is 0 Å². The molecule has 4 nitrogen and oxygen atoms in total. The Bertz CT molecular complexity index is 492. The summed E-state index contributed by atoms with van der Waals surface area (Å²) in [5.74, 6) is 0.0610. The van der Waals surface area contributed by atoms with Crippen molar-refractivity contribution in [2.24, 2.45) is 0 Å². The van der Waals surface area contributed by atoms with E-state index in [4.69, 9.17) is 0 Å². The van der Waals surface area contributed by atoms with Crippen LogP contribution in [0.1, 0.15) is 31.2 Å². The molecular formula is C15H18N2O2. The van der Waals surface area contributed by atoms with E-state index in [9.17, 15) is 9.59 Å². The lowest BCUT2D eigenvalue weighted by molar-refractivity contribution is -0.154. The molecule has 2 aliphatic rings. The average Bonchev–Trinajstić information content (AvgIpc) is 2.91. The Morgan fingerprint density at radius 3 is 2.47 bits per heavy atom. The highest BCUT2D eigenvalue weighted by atomic mass is 16.2. The summed E-state index contributed by atoms with van der Waals surface area (Å²) in [7, 11) is 0. The van der Waals surface area contributed by atoms with Crippen LogP contribution in [-0.2, 0) is 16.1 Å². The first-order chi connectivity index (χ1) is 9.22. The number of benzene rings is 1. The van der Waals surface area contributed by atoms with Gasteiger partial charge in [-0.1, -0.05) is 43.2 Å². The molecular weight excluding hydrogens is 240 g/mol. The first-order valence-electron chi connectivity index (χ1n) is 6.85. The Morgan fingerprint density at radius 1 is 1.11 bits per heavy atom. The molecule has 4 heteroatoms. The van der Waals surface area contributed by atoms with Crippen LogP contribution >= 0.6 is 0 Å². The molecule has 1 heterocycles. The Hall–Kier alpha value is -1.84. The highest BCUT2D eigenvalue weighted by Crippen LogP contribution is 2.38. The third-order valence-electron chi connectivity index (χ3n) is 4.25. The fourth-order valence-corrected chi connectivity index (χ4v) is 3.24. The predicted molar refractivity (Wildman–Crippen MR) is 71.2 cm³/mol. The number of amides is 2. The Kier molecular flexibility index (Phi) is 3.01.